The van der Waals surface area contributed by atoms with Crippen molar-refractivity contribution in [2.45, 2.75) is 49.6 Å². The number of nitrogens with one attached hydrogen (secondary N) is 1. The molecular formula is C16H22N2O4S. The van der Waals surface area contributed by atoms with Crippen LogP contribution in [0.15, 0.2) is 29.2 Å². The van der Waals surface area contributed by atoms with Crippen LogP contribution in [0.1, 0.15) is 32.6 Å². The summed E-state index contributed by atoms with van der Waals surface area (Å²) in [6.07, 6.45) is 3.94. The Morgan fingerprint density at radius 1 is 1.22 bits per heavy atom. The number of sulfonamides is 1. The van der Waals surface area contributed by atoms with E-state index in [9.17, 15) is 13.2 Å². The predicted molar refractivity (Wildman–Crippen MR) is 86.6 cm³/mol. The molecule has 1 saturated carbocycles. The van der Waals surface area contributed by atoms with Crippen LogP contribution in [0, 0.1) is 0 Å². The van der Waals surface area contributed by atoms with Gasteiger partial charge in [-0.3, -0.25) is 4.79 Å². The largest absolute Gasteiger partial charge is 0.375 e. The van der Waals surface area contributed by atoms with E-state index in [0.29, 0.717) is 18.8 Å². The lowest BCUT2D eigenvalue weighted by Crippen LogP contribution is -2.54. The lowest BCUT2D eigenvalue weighted by molar-refractivity contribution is -0.114. The van der Waals surface area contributed by atoms with Crippen LogP contribution in [-0.4, -0.2) is 43.9 Å². The van der Waals surface area contributed by atoms with Crippen molar-refractivity contribution in [1.82, 2.24) is 4.31 Å². The molecule has 1 aliphatic carbocycles. The summed E-state index contributed by atoms with van der Waals surface area (Å²) in [6, 6.07) is 6.28. The molecule has 1 heterocycles. The smallest absolute Gasteiger partial charge is 0.243 e. The number of ether oxygens (including phenoxy) is 1. The molecule has 23 heavy (non-hydrogen) atoms. The van der Waals surface area contributed by atoms with E-state index < -0.39 is 10.0 Å². The molecule has 2 fully saturated rings. The van der Waals surface area contributed by atoms with Crippen LogP contribution >= 0.6 is 0 Å². The molecule has 3 rings (SSSR count). The number of hydrogen-bond donors (Lipinski definition) is 1. The third-order valence-electron chi connectivity index (χ3n) is 4.46. The lowest BCUT2D eigenvalue weighted by atomic mass is 9.91. The van der Waals surface area contributed by atoms with Crippen LogP contribution < -0.4 is 5.32 Å². The molecule has 1 amide bonds. The number of amides is 1. The van der Waals surface area contributed by atoms with Crippen LogP contribution in [0.25, 0.3) is 0 Å². The first-order valence-electron chi connectivity index (χ1n) is 7.99. The summed E-state index contributed by atoms with van der Waals surface area (Å²) in [5.41, 5.74) is 0.592. The van der Waals surface area contributed by atoms with Crippen molar-refractivity contribution >= 4 is 21.6 Å². The SMILES string of the molecule is CC(=O)Nc1ccc(S(=O)(=O)N2CCOC3CCCCC32)cc1. The zero-order valence-corrected chi connectivity index (χ0v) is 14.0. The van der Waals surface area contributed by atoms with E-state index >= 15 is 0 Å². The molecule has 0 bridgehead atoms. The Morgan fingerprint density at radius 3 is 2.61 bits per heavy atom. The van der Waals surface area contributed by atoms with E-state index in [4.69, 9.17) is 4.74 Å². The number of anilines is 1. The van der Waals surface area contributed by atoms with Crippen molar-refractivity contribution in [3.8, 4) is 0 Å². The molecule has 1 saturated heterocycles. The highest BCUT2D eigenvalue weighted by atomic mass is 32.2. The lowest BCUT2D eigenvalue weighted by Gasteiger charge is -2.42. The summed E-state index contributed by atoms with van der Waals surface area (Å²) < 4.78 is 33.3. The third-order valence-corrected chi connectivity index (χ3v) is 6.40. The van der Waals surface area contributed by atoms with Gasteiger partial charge in [0.25, 0.3) is 0 Å². The molecular weight excluding hydrogens is 316 g/mol. The van der Waals surface area contributed by atoms with E-state index in [1.165, 1.54) is 6.92 Å². The molecule has 0 spiro atoms. The molecule has 1 aliphatic heterocycles. The van der Waals surface area contributed by atoms with Gasteiger partial charge in [-0.1, -0.05) is 12.8 Å². The fraction of sp³-hybridized carbons (Fsp3) is 0.562. The highest BCUT2D eigenvalue weighted by molar-refractivity contribution is 7.89. The Morgan fingerprint density at radius 2 is 1.91 bits per heavy atom. The van der Waals surface area contributed by atoms with E-state index in [0.717, 1.165) is 25.7 Å². The molecule has 126 valence electrons. The molecule has 0 radical (unpaired) electrons. The van der Waals surface area contributed by atoms with Crippen molar-refractivity contribution < 1.29 is 17.9 Å². The molecule has 2 unspecified atom stereocenters. The Labute approximate surface area is 136 Å². The van der Waals surface area contributed by atoms with Gasteiger partial charge in [0.2, 0.25) is 15.9 Å². The minimum atomic E-state index is -3.54. The summed E-state index contributed by atoms with van der Waals surface area (Å²) in [5.74, 6) is -0.182. The average Bonchev–Trinajstić information content (AvgIpc) is 2.54. The topological polar surface area (TPSA) is 75.7 Å². The summed E-state index contributed by atoms with van der Waals surface area (Å²) >= 11 is 0. The van der Waals surface area contributed by atoms with Gasteiger partial charge in [-0.25, -0.2) is 8.42 Å². The maximum absolute atomic E-state index is 13.0. The first kappa shape index (κ1) is 16.4. The van der Waals surface area contributed by atoms with Gasteiger partial charge in [0.05, 0.1) is 23.6 Å². The Hall–Kier alpha value is -1.44. The van der Waals surface area contributed by atoms with Crippen molar-refractivity contribution in [1.29, 1.82) is 0 Å². The van der Waals surface area contributed by atoms with E-state index in [2.05, 4.69) is 5.32 Å². The second kappa shape index (κ2) is 6.59. The van der Waals surface area contributed by atoms with E-state index in [-0.39, 0.29) is 22.9 Å². The maximum atomic E-state index is 13.0. The predicted octanol–water partition coefficient (Wildman–Crippen LogP) is 1.98. The minimum absolute atomic E-state index is 0.0194. The highest BCUT2D eigenvalue weighted by Gasteiger charge is 2.40. The number of carbonyl (C=O) groups is 1. The number of benzene rings is 1. The molecule has 2 atom stereocenters. The monoisotopic (exact) mass is 338 g/mol. The van der Waals surface area contributed by atoms with Gasteiger partial charge in [0, 0.05) is 19.2 Å². The van der Waals surface area contributed by atoms with Gasteiger partial charge < -0.3 is 10.1 Å². The van der Waals surface area contributed by atoms with E-state index in [1.807, 2.05) is 0 Å². The number of carbonyl (C=O) groups excluding carboxylic acids is 1. The summed E-state index contributed by atoms with van der Waals surface area (Å²) in [7, 11) is -3.54. The fourth-order valence-electron chi connectivity index (χ4n) is 3.41. The number of morpholine rings is 1. The average molecular weight is 338 g/mol. The second-order valence-corrected chi connectivity index (χ2v) is 7.97. The van der Waals surface area contributed by atoms with Crippen LogP contribution in [0.5, 0.6) is 0 Å². The van der Waals surface area contributed by atoms with Crippen molar-refractivity contribution in [3.63, 3.8) is 0 Å². The Bertz CT molecular complexity index is 670. The highest BCUT2D eigenvalue weighted by Crippen LogP contribution is 2.32. The Kier molecular flexibility index (Phi) is 4.70. The zero-order valence-electron chi connectivity index (χ0n) is 13.2. The summed E-state index contributed by atoms with van der Waals surface area (Å²) in [6.45, 7) is 2.27. The molecule has 1 aromatic carbocycles. The van der Waals surface area contributed by atoms with Gasteiger partial charge in [-0.2, -0.15) is 4.31 Å². The number of nitrogens with zero attached hydrogens (tertiary/aromatic N) is 1. The fourth-order valence-corrected chi connectivity index (χ4v) is 5.07. The normalized spacial score (nSPS) is 25.6. The molecule has 1 N–H and O–H groups in total. The first-order valence-corrected chi connectivity index (χ1v) is 9.43. The van der Waals surface area contributed by atoms with E-state index in [1.54, 1.807) is 28.6 Å². The molecule has 6 nitrogen and oxygen atoms in total. The van der Waals surface area contributed by atoms with Crippen LogP contribution in [-0.2, 0) is 19.6 Å². The standard InChI is InChI=1S/C16H22N2O4S/c1-12(19)17-13-6-8-14(9-7-13)23(20,21)18-10-11-22-16-5-3-2-4-15(16)18/h6-9,15-16H,2-5,10-11H2,1H3,(H,17,19). The summed E-state index contributed by atoms with van der Waals surface area (Å²) in [4.78, 5) is 11.3. The second-order valence-electron chi connectivity index (χ2n) is 6.08. The van der Waals surface area contributed by atoms with Gasteiger partial charge in [0.15, 0.2) is 0 Å². The van der Waals surface area contributed by atoms with Crippen molar-refractivity contribution in [2.75, 3.05) is 18.5 Å². The van der Waals surface area contributed by atoms with Gasteiger partial charge in [-0.15, -0.1) is 0 Å². The first-order chi connectivity index (χ1) is 11.0. The third kappa shape index (κ3) is 3.41. The molecule has 1 aromatic rings. The summed E-state index contributed by atoms with van der Waals surface area (Å²) in [5, 5.41) is 2.64. The quantitative estimate of drug-likeness (QED) is 0.914. The van der Waals surface area contributed by atoms with Crippen molar-refractivity contribution in [3.05, 3.63) is 24.3 Å². The molecule has 7 heteroatoms. The van der Waals surface area contributed by atoms with Crippen molar-refractivity contribution in [2.24, 2.45) is 0 Å². The van der Waals surface area contributed by atoms with Crippen LogP contribution in [0.4, 0.5) is 5.69 Å². The van der Waals surface area contributed by atoms with Gasteiger partial charge in [0.1, 0.15) is 0 Å². The minimum Gasteiger partial charge on any atom is -0.375 e. The maximum Gasteiger partial charge on any atom is 0.243 e. The Balaban J connectivity index is 1.83. The van der Waals surface area contributed by atoms with Crippen LogP contribution in [0.3, 0.4) is 0 Å². The molecule has 2 aliphatic rings. The molecule has 0 aromatic heterocycles. The zero-order chi connectivity index (χ0) is 16.4. The number of fused-ring (bicyclic) bond motifs is 1. The number of hydrogen-bond acceptors (Lipinski definition) is 4. The van der Waals surface area contributed by atoms with Crippen LogP contribution in [0.2, 0.25) is 0 Å². The van der Waals surface area contributed by atoms with Gasteiger partial charge >= 0.3 is 0 Å². The number of rotatable bonds is 3. The van der Waals surface area contributed by atoms with Gasteiger partial charge in [-0.05, 0) is 37.1 Å².